The SMILES string of the molecule is CC(C)n1ccnc1CN1CCC(Cc2ccncc2)CC1.O=CO. The summed E-state index contributed by atoms with van der Waals surface area (Å²) in [6.45, 7) is 7.52. The fraction of sp³-hybridized carbons (Fsp3) is 0.526. The Hall–Kier alpha value is -2.21. The molecule has 3 heterocycles. The van der Waals surface area contributed by atoms with Crippen LogP contribution in [-0.2, 0) is 17.8 Å². The Balaban J connectivity index is 0.000000701. The molecular weight excluding hydrogens is 316 g/mol. The number of hydrogen-bond donors (Lipinski definition) is 1. The van der Waals surface area contributed by atoms with Gasteiger partial charge in [-0.2, -0.15) is 0 Å². The van der Waals surface area contributed by atoms with E-state index in [9.17, 15) is 0 Å². The molecule has 25 heavy (non-hydrogen) atoms. The zero-order chi connectivity index (χ0) is 18.1. The molecule has 2 aromatic heterocycles. The molecule has 1 fully saturated rings. The van der Waals surface area contributed by atoms with Crippen molar-refractivity contribution in [3.05, 3.63) is 48.3 Å². The first-order valence-corrected chi connectivity index (χ1v) is 8.84. The summed E-state index contributed by atoms with van der Waals surface area (Å²) in [5, 5.41) is 6.89. The minimum Gasteiger partial charge on any atom is -0.483 e. The van der Waals surface area contributed by atoms with Gasteiger partial charge in [0.2, 0.25) is 0 Å². The maximum absolute atomic E-state index is 8.36. The molecule has 6 heteroatoms. The molecule has 1 aliphatic rings. The topological polar surface area (TPSA) is 71.2 Å². The predicted molar refractivity (Wildman–Crippen MR) is 97.2 cm³/mol. The number of carboxylic acid groups (broad SMARTS) is 1. The van der Waals surface area contributed by atoms with Crippen LogP contribution in [-0.4, -0.2) is 44.1 Å². The molecule has 0 atom stereocenters. The highest BCUT2D eigenvalue weighted by atomic mass is 16.3. The molecule has 1 aliphatic heterocycles. The average molecular weight is 344 g/mol. The van der Waals surface area contributed by atoms with E-state index in [-0.39, 0.29) is 6.47 Å². The van der Waals surface area contributed by atoms with Gasteiger partial charge < -0.3 is 9.67 Å². The minimum atomic E-state index is -0.250. The van der Waals surface area contributed by atoms with Crippen molar-refractivity contribution in [1.29, 1.82) is 0 Å². The Morgan fingerprint density at radius 2 is 1.88 bits per heavy atom. The lowest BCUT2D eigenvalue weighted by molar-refractivity contribution is -0.122. The zero-order valence-electron chi connectivity index (χ0n) is 15.1. The van der Waals surface area contributed by atoms with E-state index in [1.165, 1.54) is 43.7 Å². The molecule has 0 spiro atoms. The van der Waals surface area contributed by atoms with Gasteiger partial charge in [-0.3, -0.25) is 14.7 Å². The second-order valence-electron chi connectivity index (χ2n) is 6.73. The van der Waals surface area contributed by atoms with Crippen LogP contribution in [0.4, 0.5) is 0 Å². The van der Waals surface area contributed by atoms with E-state index in [0.29, 0.717) is 6.04 Å². The third-order valence-corrected chi connectivity index (χ3v) is 4.65. The average Bonchev–Trinajstić information content (AvgIpc) is 3.07. The first kappa shape index (κ1) is 19.1. The van der Waals surface area contributed by atoms with Crippen molar-refractivity contribution in [3.63, 3.8) is 0 Å². The summed E-state index contributed by atoms with van der Waals surface area (Å²) in [5.74, 6) is 2.01. The number of aromatic nitrogens is 3. The number of likely N-dealkylation sites (tertiary alicyclic amines) is 1. The lowest BCUT2D eigenvalue weighted by Gasteiger charge is -2.32. The van der Waals surface area contributed by atoms with Gasteiger partial charge in [0.15, 0.2) is 0 Å². The Kier molecular flexibility index (Phi) is 7.60. The normalized spacial score (nSPS) is 15.6. The van der Waals surface area contributed by atoms with Crippen molar-refractivity contribution in [3.8, 4) is 0 Å². The van der Waals surface area contributed by atoms with Gasteiger partial charge in [-0.15, -0.1) is 0 Å². The van der Waals surface area contributed by atoms with Crippen molar-refractivity contribution >= 4 is 6.47 Å². The van der Waals surface area contributed by atoms with Crippen molar-refractivity contribution < 1.29 is 9.90 Å². The van der Waals surface area contributed by atoms with Gasteiger partial charge in [0.05, 0.1) is 6.54 Å². The smallest absolute Gasteiger partial charge is 0.290 e. The molecule has 0 radical (unpaired) electrons. The highest BCUT2D eigenvalue weighted by molar-refractivity contribution is 5.32. The van der Waals surface area contributed by atoms with E-state index in [0.717, 1.165) is 12.5 Å². The van der Waals surface area contributed by atoms with Gasteiger partial charge in [-0.05, 0) is 69.8 Å². The van der Waals surface area contributed by atoms with Gasteiger partial charge in [0.1, 0.15) is 5.82 Å². The molecule has 136 valence electrons. The van der Waals surface area contributed by atoms with Crippen LogP contribution < -0.4 is 0 Å². The van der Waals surface area contributed by atoms with Crippen LogP contribution in [0.3, 0.4) is 0 Å². The Morgan fingerprint density at radius 1 is 1.24 bits per heavy atom. The summed E-state index contributed by atoms with van der Waals surface area (Å²) < 4.78 is 2.28. The number of pyridine rings is 1. The van der Waals surface area contributed by atoms with Crippen LogP contribution in [0.1, 0.15) is 44.1 Å². The summed E-state index contributed by atoms with van der Waals surface area (Å²) in [7, 11) is 0. The van der Waals surface area contributed by atoms with Crippen LogP contribution in [0, 0.1) is 5.92 Å². The largest absolute Gasteiger partial charge is 0.483 e. The summed E-state index contributed by atoms with van der Waals surface area (Å²) in [6.07, 6.45) is 11.6. The highest BCUT2D eigenvalue weighted by Gasteiger charge is 2.21. The van der Waals surface area contributed by atoms with Gasteiger partial charge in [-0.1, -0.05) is 0 Å². The first-order chi connectivity index (χ1) is 12.1. The molecule has 6 nitrogen and oxygen atoms in total. The maximum atomic E-state index is 8.36. The second kappa shape index (κ2) is 9.93. The molecule has 0 amide bonds. The molecule has 1 saturated heterocycles. The molecule has 2 aromatic rings. The van der Waals surface area contributed by atoms with Gasteiger partial charge in [0, 0.05) is 30.8 Å². The molecule has 1 N–H and O–H groups in total. The third kappa shape index (κ3) is 5.98. The van der Waals surface area contributed by atoms with E-state index < -0.39 is 0 Å². The molecule has 0 aromatic carbocycles. The van der Waals surface area contributed by atoms with Crippen LogP contribution in [0.2, 0.25) is 0 Å². The van der Waals surface area contributed by atoms with Crippen LogP contribution in [0.15, 0.2) is 36.9 Å². The number of imidazole rings is 1. The molecule has 0 aliphatic carbocycles. The third-order valence-electron chi connectivity index (χ3n) is 4.65. The Labute approximate surface area is 149 Å². The van der Waals surface area contributed by atoms with E-state index >= 15 is 0 Å². The number of piperidine rings is 1. The van der Waals surface area contributed by atoms with Crippen molar-refractivity contribution in [2.45, 2.75) is 45.7 Å². The predicted octanol–water partition coefficient (Wildman–Crippen LogP) is 3.01. The number of hydrogen-bond acceptors (Lipinski definition) is 4. The van der Waals surface area contributed by atoms with Gasteiger partial charge >= 0.3 is 0 Å². The standard InChI is InChI=1S/C18H26N4.CH2O2/c1-15(2)22-12-9-20-18(22)14-21-10-5-17(6-11-21)13-16-3-7-19-8-4-16;2-1-3/h3-4,7-9,12,15,17H,5-6,10-11,13-14H2,1-2H3;1H,(H,2,3). The summed E-state index contributed by atoms with van der Waals surface area (Å²) in [5.41, 5.74) is 1.42. The molecule has 0 unspecified atom stereocenters. The van der Waals surface area contributed by atoms with Crippen molar-refractivity contribution in [2.75, 3.05) is 13.1 Å². The van der Waals surface area contributed by atoms with E-state index in [4.69, 9.17) is 9.90 Å². The quantitative estimate of drug-likeness (QED) is 0.844. The van der Waals surface area contributed by atoms with Crippen LogP contribution >= 0.6 is 0 Å². The summed E-state index contributed by atoms with van der Waals surface area (Å²) in [4.78, 5) is 19.5. The van der Waals surface area contributed by atoms with Gasteiger partial charge in [-0.25, -0.2) is 4.98 Å². The molecule has 0 bridgehead atoms. The monoisotopic (exact) mass is 344 g/mol. The van der Waals surface area contributed by atoms with E-state index in [2.05, 4.69) is 51.6 Å². The molecule has 0 saturated carbocycles. The summed E-state index contributed by atoms with van der Waals surface area (Å²) >= 11 is 0. The van der Waals surface area contributed by atoms with Gasteiger partial charge in [0.25, 0.3) is 6.47 Å². The second-order valence-corrected chi connectivity index (χ2v) is 6.73. The lowest BCUT2D eigenvalue weighted by atomic mass is 9.90. The lowest BCUT2D eigenvalue weighted by Crippen LogP contribution is -2.34. The highest BCUT2D eigenvalue weighted by Crippen LogP contribution is 2.22. The number of nitrogens with zero attached hydrogens (tertiary/aromatic N) is 4. The summed E-state index contributed by atoms with van der Waals surface area (Å²) in [6, 6.07) is 4.78. The van der Waals surface area contributed by atoms with E-state index in [1.54, 1.807) is 0 Å². The van der Waals surface area contributed by atoms with Crippen LogP contribution in [0.5, 0.6) is 0 Å². The Morgan fingerprint density at radius 3 is 2.48 bits per heavy atom. The van der Waals surface area contributed by atoms with Crippen molar-refractivity contribution in [2.24, 2.45) is 5.92 Å². The van der Waals surface area contributed by atoms with E-state index in [1.807, 2.05) is 18.6 Å². The Bertz CT molecular complexity index is 619. The first-order valence-electron chi connectivity index (χ1n) is 8.84. The maximum Gasteiger partial charge on any atom is 0.290 e. The number of carbonyl (C=O) groups is 1. The zero-order valence-corrected chi connectivity index (χ0v) is 15.1. The fourth-order valence-corrected chi connectivity index (χ4v) is 3.34. The fourth-order valence-electron chi connectivity index (χ4n) is 3.34. The van der Waals surface area contributed by atoms with Crippen molar-refractivity contribution in [1.82, 2.24) is 19.4 Å². The molecular formula is C19H28N4O2. The minimum absolute atomic E-state index is 0.250. The van der Waals surface area contributed by atoms with Crippen LogP contribution in [0.25, 0.3) is 0 Å². The molecule has 3 rings (SSSR count). The number of rotatable bonds is 5.